The van der Waals surface area contributed by atoms with E-state index in [-0.39, 0.29) is 17.7 Å². The van der Waals surface area contributed by atoms with Gasteiger partial charge in [-0.25, -0.2) is 0 Å². The maximum absolute atomic E-state index is 12.7. The normalized spacial score (nSPS) is 18.7. The minimum atomic E-state index is -0.101. The zero-order chi connectivity index (χ0) is 14.8. The molecule has 0 spiro atoms. The number of nitrogens with zero attached hydrogens (tertiary/aromatic N) is 1. The van der Waals surface area contributed by atoms with Gasteiger partial charge in [-0.3, -0.25) is 9.59 Å². The highest BCUT2D eigenvalue weighted by atomic mass is 16.2. The second-order valence-electron chi connectivity index (χ2n) is 5.45. The molecule has 0 aliphatic carbocycles. The van der Waals surface area contributed by atoms with Crippen LogP contribution in [0.1, 0.15) is 23.2 Å². The maximum atomic E-state index is 12.7. The van der Waals surface area contributed by atoms with Crippen molar-refractivity contribution in [2.24, 2.45) is 5.92 Å². The molecule has 0 saturated carbocycles. The van der Waals surface area contributed by atoms with Gasteiger partial charge in [0, 0.05) is 31.7 Å². The lowest BCUT2D eigenvalue weighted by atomic mass is 9.96. The summed E-state index contributed by atoms with van der Waals surface area (Å²) in [4.78, 5) is 29.4. The van der Waals surface area contributed by atoms with Crippen LogP contribution in [0, 0.1) is 5.92 Å². The summed E-state index contributed by atoms with van der Waals surface area (Å²) < 4.78 is 0. The van der Waals surface area contributed by atoms with E-state index in [0.29, 0.717) is 18.7 Å². The van der Waals surface area contributed by atoms with Gasteiger partial charge in [-0.15, -0.1) is 0 Å². The van der Waals surface area contributed by atoms with Crippen LogP contribution in [0.3, 0.4) is 0 Å². The Balaban J connectivity index is 1.84. The summed E-state index contributed by atoms with van der Waals surface area (Å²) in [6, 6.07) is 7.66. The van der Waals surface area contributed by atoms with E-state index >= 15 is 0 Å². The highest BCUT2D eigenvalue weighted by Crippen LogP contribution is 2.22. The number of carbonyl (C=O) groups is 2. The first-order chi connectivity index (χ1) is 10.2. The monoisotopic (exact) mass is 285 g/mol. The number of H-pyrrole nitrogens is 1. The maximum Gasteiger partial charge on any atom is 0.256 e. The summed E-state index contributed by atoms with van der Waals surface area (Å²) >= 11 is 0. The predicted molar refractivity (Wildman–Crippen MR) is 81.0 cm³/mol. The van der Waals surface area contributed by atoms with Crippen LogP contribution in [-0.2, 0) is 4.79 Å². The first-order valence-electron chi connectivity index (χ1n) is 7.27. The molecule has 1 aromatic heterocycles. The number of nitrogens with one attached hydrogen (secondary N) is 2. The van der Waals surface area contributed by atoms with Gasteiger partial charge in [-0.05, 0) is 25.0 Å². The van der Waals surface area contributed by atoms with Crippen LogP contribution >= 0.6 is 0 Å². The molecule has 3 rings (SSSR count). The third-order valence-electron chi connectivity index (χ3n) is 4.14. The minimum Gasteiger partial charge on any atom is -0.361 e. The van der Waals surface area contributed by atoms with Crippen molar-refractivity contribution in [2.45, 2.75) is 12.8 Å². The summed E-state index contributed by atoms with van der Waals surface area (Å²) in [7, 11) is 1.64. The highest BCUT2D eigenvalue weighted by molar-refractivity contribution is 6.05. The molecule has 2 amide bonds. The molecule has 1 unspecified atom stereocenters. The van der Waals surface area contributed by atoms with Crippen molar-refractivity contribution in [1.29, 1.82) is 0 Å². The second-order valence-corrected chi connectivity index (χ2v) is 5.45. The molecule has 1 aliphatic rings. The summed E-state index contributed by atoms with van der Waals surface area (Å²) in [6.07, 6.45) is 3.55. The molecular weight excluding hydrogens is 266 g/mol. The molecule has 21 heavy (non-hydrogen) atoms. The standard InChI is InChI=1S/C16H19N3O2/c1-17-15(20)12-5-3-9-19(10-12)16(21)13-6-2-4-11-7-8-18-14(11)13/h2,4,6-8,12,18H,3,5,9-10H2,1H3,(H,17,20). The molecule has 1 aromatic carbocycles. The molecule has 110 valence electrons. The van der Waals surface area contributed by atoms with Crippen molar-refractivity contribution >= 4 is 22.7 Å². The fourth-order valence-corrected chi connectivity index (χ4v) is 3.01. The van der Waals surface area contributed by atoms with E-state index < -0.39 is 0 Å². The van der Waals surface area contributed by atoms with Crippen molar-refractivity contribution in [2.75, 3.05) is 20.1 Å². The zero-order valence-electron chi connectivity index (χ0n) is 12.1. The second kappa shape index (κ2) is 5.60. The first kappa shape index (κ1) is 13.7. The number of para-hydroxylation sites is 1. The molecule has 1 fully saturated rings. The van der Waals surface area contributed by atoms with E-state index in [1.54, 1.807) is 11.9 Å². The van der Waals surface area contributed by atoms with Crippen molar-refractivity contribution in [3.05, 3.63) is 36.0 Å². The number of rotatable bonds is 2. The topological polar surface area (TPSA) is 65.2 Å². The molecule has 0 bridgehead atoms. The number of hydrogen-bond acceptors (Lipinski definition) is 2. The summed E-state index contributed by atoms with van der Waals surface area (Å²) in [5, 5.41) is 3.70. The average Bonchev–Trinajstić information content (AvgIpc) is 3.02. The third-order valence-corrected chi connectivity index (χ3v) is 4.14. The molecule has 1 atom stereocenters. The Morgan fingerprint density at radius 2 is 2.19 bits per heavy atom. The fourth-order valence-electron chi connectivity index (χ4n) is 3.01. The van der Waals surface area contributed by atoms with Crippen LogP contribution in [0.25, 0.3) is 10.9 Å². The molecule has 5 nitrogen and oxygen atoms in total. The van der Waals surface area contributed by atoms with Gasteiger partial charge in [0.05, 0.1) is 17.0 Å². The lowest BCUT2D eigenvalue weighted by molar-refractivity contribution is -0.125. The molecule has 1 aliphatic heterocycles. The van der Waals surface area contributed by atoms with E-state index in [1.165, 1.54) is 0 Å². The van der Waals surface area contributed by atoms with E-state index in [2.05, 4.69) is 10.3 Å². The SMILES string of the molecule is CNC(=O)C1CCCN(C(=O)c2cccc3cc[nH]c23)C1. The van der Waals surface area contributed by atoms with Crippen LogP contribution in [0.15, 0.2) is 30.5 Å². The fraction of sp³-hybridized carbons (Fsp3) is 0.375. The molecule has 5 heteroatoms. The van der Waals surface area contributed by atoms with Crippen LogP contribution in [0.4, 0.5) is 0 Å². The molecule has 1 saturated heterocycles. The quantitative estimate of drug-likeness (QED) is 0.883. The van der Waals surface area contributed by atoms with Crippen LogP contribution < -0.4 is 5.32 Å². The van der Waals surface area contributed by atoms with Gasteiger partial charge >= 0.3 is 0 Å². The van der Waals surface area contributed by atoms with Crippen molar-refractivity contribution in [3.63, 3.8) is 0 Å². The largest absolute Gasteiger partial charge is 0.361 e. The van der Waals surface area contributed by atoms with Gasteiger partial charge in [-0.1, -0.05) is 12.1 Å². The lowest BCUT2D eigenvalue weighted by Crippen LogP contribution is -2.44. The lowest BCUT2D eigenvalue weighted by Gasteiger charge is -2.32. The van der Waals surface area contributed by atoms with Crippen LogP contribution in [0.5, 0.6) is 0 Å². The average molecular weight is 285 g/mol. The number of fused-ring (bicyclic) bond motifs is 1. The Hall–Kier alpha value is -2.30. The number of hydrogen-bond donors (Lipinski definition) is 2. The number of benzene rings is 1. The van der Waals surface area contributed by atoms with Crippen molar-refractivity contribution in [1.82, 2.24) is 15.2 Å². The number of aromatic amines is 1. The van der Waals surface area contributed by atoms with Gasteiger partial charge in [0.15, 0.2) is 0 Å². The van der Waals surface area contributed by atoms with Crippen molar-refractivity contribution < 1.29 is 9.59 Å². The minimum absolute atomic E-state index is 0.00310. The van der Waals surface area contributed by atoms with Gasteiger partial charge in [-0.2, -0.15) is 0 Å². The Kier molecular flexibility index (Phi) is 3.64. The first-order valence-corrected chi connectivity index (χ1v) is 7.27. The van der Waals surface area contributed by atoms with Gasteiger partial charge in [0.1, 0.15) is 0 Å². The number of carbonyl (C=O) groups excluding carboxylic acids is 2. The summed E-state index contributed by atoms with van der Waals surface area (Å²) in [5.74, 6) is -0.0854. The number of aromatic nitrogens is 1. The number of likely N-dealkylation sites (tertiary alicyclic amines) is 1. The molecule has 2 N–H and O–H groups in total. The summed E-state index contributed by atoms with van der Waals surface area (Å²) in [6.45, 7) is 1.21. The Morgan fingerprint density at radius 3 is 3.00 bits per heavy atom. The van der Waals surface area contributed by atoms with Crippen LogP contribution in [0.2, 0.25) is 0 Å². The number of piperidine rings is 1. The van der Waals surface area contributed by atoms with E-state index in [1.807, 2.05) is 30.5 Å². The van der Waals surface area contributed by atoms with Gasteiger partial charge < -0.3 is 15.2 Å². The Bertz CT molecular complexity index is 677. The number of amides is 2. The highest BCUT2D eigenvalue weighted by Gasteiger charge is 2.29. The molecular formula is C16H19N3O2. The zero-order valence-corrected chi connectivity index (χ0v) is 12.1. The van der Waals surface area contributed by atoms with Crippen LogP contribution in [-0.4, -0.2) is 41.8 Å². The van der Waals surface area contributed by atoms with Gasteiger partial charge in [0.2, 0.25) is 5.91 Å². The Labute approximate surface area is 123 Å². The van der Waals surface area contributed by atoms with E-state index in [9.17, 15) is 9.59 Å². The van der Waals surface area contributed by atoms with E-state index in [4.69, 9.17) is 0 Å². The predicted octanol–water partition coefficient (Wildman–Crippen LogP) is 1.77. The molecule has 0 radical (unpaired) electrons. The van der Waals surface area contributed by atoms with Gasteiger partial charge in [0.25, 0.3) is 5.91 Å². The summed E-state index contributed by atoms with van der Waals surface area (Å²) in [5.41, 5.74) is 1.54. The third kappa shape index (κ3) is 2.51. The van der Waals surface area contributed by atoms with E-state index in [0.717, 1.165) is 23.7 Å². The molecule has 2 aromatic rings. The smallest absolute Gasteiger partial charge is 0.256 e. The van der Waals surface area contributed by atoms with Crippen molar-refractivity contribution in [3.8, 4) is 0 Å². The molecule has 2 heterocycles. The Morgan fingerprint density at radius 1 is 1.33 bits per heavy atom.